The Kier molecular flexibility index (Phi) is 4.70. The molecule has 0 atom stereocenters. The molecule has 0 unspecified atom stereocenters. The third kappa shape index (κ3) is 3.62. The molecule has 2 aromatic carbocycles. The predicted molar refractivity (Wildman–Crippen MR) is 108 cm³/mol. The van der Waals surface area contributed by atoms with Crippen LogP contribution in [0.3, 0.4) is 0 Å². The van der Waals surface area contributed by atoms with Gasteiger partial charge in [-0.25, -0.2) is 4.98 Å². The second-order valence-electron chi connectivity index (χ2n) is 6.38. The Bertz CT molecular complexity index is 958. The third-order valence-corrected chi connectivity index (χ3v) is 5.02. The first kappa shape index (κ1) is 17.1. The summed E-state index contributed by atoms with van der Waals surface area (Å²) in [4.78, 5) is 11.5. The van der Waals surface area contributed by atoms with E-state index < -0.39 is 0 Å². The van der Waals surface area contributed by atoms with Crippen molar-refractivity contribution in [2.24, 2.45) is 0 Å². The summed E-state index contributed by atoms with van der Waals surface area (Å²) in [5.41, 5.74) is 4.41. The first-order valence-electron chi connectivity index (χ1n) is 8.48. The molecular formula is C20H18Cl2N4. The van der Waals surface area contributed by atoms with Crippen molar-refractivity contribution in [3.63, 3.8) is 0 Å². The van der Waals surface area contributed by atoms with Gasteiger partial charge in [0.1, 0.15) is 5.82 Å². The van der Waals surface area contributed by atoms with E-state index in [9.17, 15) is 0 Å². The Balaban J connectivity index is 1.61. The second kappa shape index (κ2) is 7.14. The molecular weight excluding hydrogens is 367 g/mol. The van der Waals surface area contributed by atoms with Crippen LogP contribution in [0.15, 0.2) is 48.5 Å². The highest BCUT2D eigenvalue weighted by molar-refractivity contribution is 6.36. The molecule has 2 heterocycles. The van der Waals surface area contributed by atoms with Gasteiger partial charge in [0.25, 0.3) is 0 Å². The van der Waals surface area contributed by atoms with Crippen molar-refractivity contribution in [3.8, 4) is 0 Å². The summed E-state index contributed by atoms with van der Waals surface area (Å²) >= 11 is 12.2. The molecule has 26 heavy (non-hydrogen) atoms. The van der Waals surface area contributed by atoms with Gasteiger partial charge >= 0.3 is 0 Å². The predicted octanol–water partition coefficient (Wildman–Crippen LogP) is 5.40. The Morgan fingerprint density at radius 3 is 2.62 bits per heavy atom. The highest BCUT2D eigenvalue weighted by Gasteiger charge is 2.18. The molecule has 0 radical (unpaired) electrons. The van der Waals surface area contributed by atoms with Crippen LogP contribution in [-0.4, -0.2) is 16.5 Å². The van der Waals surface area contributed by atoms with Gasteiger partial charge in [-0.3, -0.25) is 0 Å². The maximum Gasteiger partial charge on any atom is 0.229 e. The molecule has 1 aromatic heterocycles. The molecule has 0 aliphatic carbocycles. The summed E-state index contributed by atoms with van der Waals surface area (Å²) in [7, 11) is 0. The van der Waals surface area contributed by atoms with Crippen molar-refractivity contribution in [1.29, 1.82) is 0 Å². The Morgan fingerprint density at radius 1 is 1.00 bits per heavy atom. The highest BCUT2D eigenvalue weighted by atomic mass is 35.5. The molecule has 3 aromatic rings. The van der Waals surface area contributed by atoms with Crippen LogP contribution in [0.2, 0.25) is 10.0 Å². The van der Waals surface area contributed by atoms with E-state index in [1.54, 1.807) is 12.1 Å². The number of fused-ring (bicyclic) bond motifs is 1. The molecule has 0 spiro atoms. The second-order valence-corrected chi connectivity index (χ2v) is 7.22. The molecule has 1 N–H and O–H groups in total. The van der Waals surface area contributed by atoms with Crippen LogP contribution < -0.4 is 10.2 Å². The fourth-order valence-electron chi connectivity index (χ4n) is 3.17. The van der Waals surface area contributed by atoms with Crippen LogP contribution in [0.1, 0.15) is 16.8 Å². The first-order valence-corrected chi connectivity index (χ1v) is 9.23. The monoisotopic (exact) mass is 384 g/mol. The van der Waals surface area contributed by atoms with Crippen molar-refractivity contribution in [3.05, 3.63) is 75.4 Å². The molecule has 0 amide bonds. The average Bonchev–Trinajstić information content (AvgIpc) is 2.63. The van der Waals surface area contributed by atoms with Gasteiger partial charge in [-0.2, -0.15) is 4.98 Å². The summed E-state index contributed by atoms with van der Waals surface area (Å²) in [6, 6.07) is 15.9. The molecule has 0 bridgehead atoms. The number of aromatic nitrogens is 2. The quantitative estimate of drug-likeness (QED) is 0.656. The molecule has 1 aliphatic heterocycles. The number of hydrogen-bond acceptors (Lipinski definition) is 4. The number of anilines is 3. The molecule has 0 saturated carbocycles. The van der Waals surface area contributed by atoms with Crippen LogP contribution in [0.25, 0.3) is 0 Å². The van der Waals surface area contributed by atoms with E-state index in [1.807, 2.05) is 19.1 Å². The summed E-state index contributed by atoms with van der Waals surface area (Å²) in [6.07, 6.45) is 1.02. The van der Waals surface area contributed by atoms with E-state index in [-0.39, 0.29) is 0 Å². The molecule has 0 fully saturated rings. The van der Waals surface area contributed by atoms with Gasteiger partial charge in [0.2, 0.25) is 5.95 Å². The van der Waals surface area contributed by atoms with Gasteiger partial charge in [0.15, 0.2) is 0 Å². The third-order valence-electron chi connectivity index (χ3n) is 4.47. The summed E-state index contributed by atoms with van der Waals surface area (Å²) in [5.74, 6) is 1.45. The zero-order chi connectivity index (χ0) is 18.1. The molecule has 4 nitrogen and oxygen atoms in total. The Morgan fingerprint density at radius 2 is 1.81 bits per heavy atom. The van der Waals surface area contributed by atoms with Gasteiger partial charge < -0.3 is 10.2 Å². The number of halogens is 2. The molecule has 132 valence electrons. The number of nitrogens with zero attached hydrogens (tertiary/aromatic N) is 3. The zero-order valence-electron chi connectivity index (χ0n) is 14.3. The minimum atomic E-state index is 0.531. The maximum absolute atomic E-state index is 6.25. The maximum atomic E-state index is 6.25. The zero-order valence-corrected chi connectivity index (χ0v) is 15.8. The highest BCUT2D eigenvalue weighted by Crippen LogP contribution is 2.29. The number of rotatable bonds is 3. The van der Waals surface area contributed by atoms with Crippen molar-refractivity contribution in [2.45, 2.75) is 19.9 Å². The topological polar surface area (TPSA) is 41.1 Å². The fraction of sp³-hybridized carbons (Fsp3) is 0.200. The van der Waals surface area contributed by atoms with Crippen molar-refractivity contribution >= 4 is 40.7 Å². The van der Waals surface area contributed by atoms with Crippen LogP contribution >= 0.6 is 23.2 Å². The van der Waals surface area contributed by atoms with E-state index >= 15 is 0 Å². The standard InChI is InChI=1S/C20H18Cl2N4/c1-13-10-19(26-9-8-14-4-2-3-5-15(14)12-26)25-20(23-13)24-18-7-6-16(21)11-17(18)22/h2-7,10-11H,8-9,12H2,1H3,(H,23,24,25). The lowest BCUT2D eigenvalue weighted by molar-refractivity contribution is 0.719. The lowest BCUT2D eigenvalue weighted by Gasteiger charge is -2.30. The molecule has 6 heteroatoms. The van der Waals surface area contributed by atoms with E-state index in [2.05, 4.69) is 39.5 Å². The van der Waals surface area contributed by atoms with Crippen LogP contribution in [-0.2, 0) is 13.0 Å². The summed E-state index contributed by atoms with van der Waals surface area (Å²) in [6.45, 7) is 3.76. The lowest BCUT2D eigenvalue weighted by Crippen LogP contribution is -2.31. The van der Waals surface area contributed by atoms with Gasteiger partial charge in [-0.05, 0) is 42.7 Å². The van der Waals surface area contributed by atoms with Crippen molar-refractivity contribution in [1.82, 2.24) is 9.97 Å². The fourth-order valence-corrected chi connectivity index (χ4v) is 3.63. The van der Waals surface area contributed by atoms with Gasteiger partial charge in [0.05, 0.1) is 10.7 Å². The van der Waals surface area contributed by atoms with E-state index in [0.29, 0.717) is 16.0 Å². The van der Waals surface area contributed by atoms with Crippen LogP contribution in [0.5, 0.6) is 0 Å². The number of nitrogens with one attached hydrogen (secondary N) is 1. The Labute approximate surface area is 162 Å². The van der Waals surface area contributed by atoms with E-state index in [0.717, 1.165) is 36.7 Å². The van der Waals surface area contributed by atoms with Gasteiger partial charge in [-0.15, -0.1) is 0 Å². The van der Waals surface area contributed by atoms with Gasteiger partial charge in [0, 0.05) is 29.9 Å². The lowest BCUT2D eigenvalue weighted by atomic mass is 10.00. The smallest absolute Gasteiger partial charge is 0.229 e. The average molecular weight is 385 g/mol. The number of hydrogen-bond donors (Lipinski definition) is 1. The van der Waals surface area contributed by atoms with Crippen LogP contribution in [0.4, 0.5) is 17.5 Å². The van der Waals surface area contributed by atoms with Crippen molar-refractivity contribution < 1.29 is 0 Å². The summed E-state index contributed by atoms with van der Waals surface area (Å²) < 4.78 is 0. The van der Waals surface area contributed by atoms with Crippen LogP contribution in [0, 0.1) is 6.92 Å². The number of aryl methyl sites for hydroxylation is 1. The number of benzene rings is 2. The minimum Gasteiger partial charge on any atom is -0.352 e. The minimum absolute atomic E-state index is 0.531. The SMILES string of the molecule is Cc1cc(N2CCc3ccccc3C2)nc(Nc2ccc(Cl)cc2Cl)n1. The molecule has 4 rings (SSSR count). The van der Waals surface area contributed by atoms with Gasteiger partial charge in [-0.1, -0.05) is 47.5 Å². The summed E-state index contributed by atoms with van der Waals surface area (Å²) in [5, 5.41) is 4.33. The van der Waals surface area contributed by atoms with Crippen molar-refractivity contribution in [2.75, 3.05) is 16.8 Å². The Hall–Kier alpha value is -2.30. The van der Waals surface area contributed by atoms with E-state index in [4.69, 9.17) is 28.2 Å². The molecule has 1 aliphatic rings. The first-order chi connectivity index (χ1) is 12.6. The molecule has 0 saturated heterocycles. The normalized spacial score (nSPS) is 13.4. The largest absolute Gasteiger partial charge is 0.352 e. The van der Waals surface area contributed by atoms with E-state index in [1.165, 1.54) is 11.1 Å².